The molecule has 3 heteroatoms. The molecular formula is C17H26N2O. The van der Waals surface area contributed by atoms with Gasteiger partial charge in [0.05, 0.1) is 12.7 Å². The fraction of sp³-hybridized carbons (Fsp3) is 0.647. The number of nitrogens with zero attached hydrogens (tertiary/aromatic N) is 1. The van der Waals surface area contributed by atoms with Gasteiger partial charge in [0.1, 0.15) is 0 Å². The van der Waals surface area contributed by atoms with Gasteiger partial charge in [0.15, 0.2) is 0 Å². The summed E-state index contributed by atoms with van der Waals surface area (Å²) in [6.45, 7) is 7.45. The number of piperidine rings is 1. The van der Waals surface area contributed by atoms with E-state index in [0.29, 0.717) is 6.10 Å². The topological polar surface area (TPSA) is 24.5 Å². The SMILES string of the molecule is Cc1ccc2c(c1)CCCN2CCOC1CCNCC1. The highest BCUT2D eigenvalue weighted by atomic mass is 16.5. The Morgan fingerprint density at radius 2 is 2.15 bits per heavy atom. The number of anilines is 1. The van der Waals surface area contributed by atoms with Crippen molar-refractivity contribution in [3.8, 4) is 0 Å². The van der Waals surface area contributed by atoms with Gasteiger partial charge in [0, 0.05) is 18.8 Å². The molecule has 0 spiro atoms. The van der Waals surface area contributed by atoms with Crippen LogP contribution in [0.25, 0.3) is 0 Å². The molecule has 1 fully saturated rings. The Labute approximate surface area is 122 Å². The van der Waals surface area contributed by atoms with E-state index in [1.807, 2.05) is 0 Å². The van der Waals surface area contributed by atoms with E-state index in [4.69, 9.17) is 4.74 Å². The average Bonchev–Trinajstić information content (AvgIpc) is 2.48. The van der Waals surface area contributed by atoms with Gasteiger partial charge < -0.3 is 15.0 Å². The molecular weight excluding hydrogens is 248 g/mol. The van der Waals surface area contributed by atoms with Gasteiger partial charge in [-0.3, -0.25) is 0 Å². The normalized spacial score (nSPS) is 19.9. The van der Waals surface area contributed by atoms with Crippen LogP contribution in [0.5, 0.6) is 0 Å². The number of hydrogen-bond donors (Lipinski definition) is 1. The molecule has 0 saturated carbocycles. The Hall–Kier alpha value is -1.06. The van der Waals surface area contributed by atoms with Crippen LogP contribution in [0, 0.1) is 6.92 Å². The number of rotatable bonds is 4. The van der Waals surface area contributed by atoms with Crippen LogP contribution in [-0.4, -0.2) is 38.9 Å². The summed E-state index contributed by atoms with van der Waals surface area (Å²) in [6, 6.07) is 6.86. The molecule has 1 aromatic carbocycles. The molecule has 0 aliphatic carbocycles. The third-order valence-electron chi connectivity index (χ3n) is 4.45. The standard InChI is InChI=1S/C17H26N2O/c1-14-4-5-17-15(13-14)3-2-10-19(17)11-12-20-16-6-8-18-9-7-16/h4-5,13,16,18H,2-3,6-12H2,1H3. The van der Waals surface area contributed by atoms with Gasteiger partial charge in [-0.05, 0) is 57.3 Å². The third kappa shape index (κ3) is 3.33. The van der Waals surface area contributed by atoms with Crippen LogP contribution in [0.1, 0.15) is 30.4 Å². The Morgan fingerprint density at radius 1 is 1.30 bits per heavy atom. The van der Waals surface area contributed by atoms with Gasteiger partial charge in [0.2, 0.25) is 0 Å². The molecule has 0 radical (unpaired) electrons. The zero-order valence-electron chi connectivity index (χ0n) is 12.5. The van der Waals surface area contributed by atoms with Crippen LogP contribution in [0.2, 0.25) is 0 Å². The minimum Gasteiger partial charge on any atom is -0.376 e. The van der Waals surface area contributed by atoms with E-state index in [0.717, 1.165) is 39.1 Å². The second kappa shape index (κ2) is 6.59. The van der Waals surface area contributed by atoms with Crippen molar-refractivity contribution in [1.82, 2.24) is 5.32 Å². The molecule has 1 aromatic rings. The van der Waals surface area contributed by atoms with E-state index in [9.17, 15) is 0 Å². The fourth-order valence-corrected chi connectivity index (χ4v) is 3.33. The second-order valence-corrected chi connectivity index (χ2v) is 6.04. The number of benzene rings is 1. The smallest absolute Gasteiger partial charge is 0.0645 e. The molecule has 1 N–H and O–H groups in total. The monoisotopic (exact) mass is 274 g/mol. The van der Waals surface area contributed by atoms with Crippen molar-refractivity contribution < 1.29 is 4.74 Å². The van der Waals surface area contributed by atoms with Crippen LogP contribution in [0.4, 0.5) is 5.69 Å². The Balaban J connectivity index is 1.53. The minimum atomic E-state index is 0.471. The van der Waals surface area contributed by atoms with E-state index in [1.54, 1.807) is 0 Å². The van der Waals surface area contributed by atoms with E-state index < -0.39 is 0 Å². The largest absolute Gasteiger partial charge is 0.376 e. The molecule has 0 bridgehead atoms. The quantitative estimate of drug-likeness (QED) is 0.913. The van der Waals surface area contributed by atoms with E-state index in [2.05, 4.69) is 35.3 Å². The first-order valence-corrected chi connectivity index (χ1v) is 8.00. The van der Waals surface area contributed by atoms with Crippen molar-refractivity contribution in [1.29, 1.82) is 0 Å². The average molecular weight is 274 g/mol. The highest BCUT2D eigenvalue weighted by Crippen LogP contribution is 2.27. The van der Waals surface area contributed by atoms with Gasteiger partial charge in [-0.2, -0.15) is 0 Å². The van der Waals surface area contributed by atoms with Crippen molar-refractivity contribution >= 4 is 5.69 Å². The molecule has 2 aliphatic rings. The van der Waals surface area contributed by atoms with Crippen molar-refractivity contribution in [3.05, 3.63) is 29.3 Å². The first kappa shape index (κ1) is 13.9. The maximum absolute atomic E-state index is 6.04. The summed E-state index contributed by atoms with van der Waals surface area (Å²) in [7, 11) is 0. The number of hydrogen-bond acceptors (Lipinski definition) is 3. The highest BCUT2D eigenvalue weighted by molar-refractivity contribution is 5.56. The lowest BCUT2D eigenvalue weighted by molar-refractivity contribution is 0.0371. The number of ether oxygens (including phenoxy) is 1. The summed E-state index contributed by atoms with van der Waals surface area (Å²) >= 11 is 0. The van der Waals surface area contributed by atoms with Crippen LogP contribution in [0.15, 0.2) is 18.2 Å². The summed E-state index contributed by atoms with van der Waals surface area (Å²) < 4.78 is 6.04. The predicted molar refractivity (Wildman–Crippen MR) is 83.6 cm³/mol. The fourth-order valence-electron chi connectivity index (χ4n) is 3.33. The zero-order chi connectivity index (χ0) is 13.8. The van der Waals surface area contributed by atoms with Crippen molar-refractivity contribution in [2.45, 2.75) is 38.7 Å². The molecule has 0 aromatic heterocycles. The Kier molecular flexibility index (Phi) is 4.58. The van der Waals surface area contributed by atoms with E-state index in [-0.39, 0.29) is 0 Å². The number of nitrogens with one attached hydrogen (secondary N) is 1. The molecule has 110 valence electrons. The summed E-state index contributed by atoms with van der Waals surface area (Å²) in [5.41, 5.74) is 4.31. The van der Waals surface area contributed by atoms with Crippen LogP contribution >= 0.6 is 0 Å². The summed E-state index contributed by atoms with van der Waals surface area (Å²) in [6.07, 6.45) is 5.29. The van der Waals surface area contributed by atoms with E-state index in [1.165, 1.54) is 36.2 Å². The lowest BCUT2D eigenvalue weighted by Gasteiger charge is -2.32. The molecule has 0 unspecified atom stereocenters. The van der Waals surface area contributed by atoms with Crippen molar-refractivity contribution in [2.75, 3.05) is 37.7 Å². The highest BCUT2D eigenvalue weighted by Gasteiger charge is 2.18. The number of aryl methyl sites for hydroxylation is 2. The van der Waals surface area contributed by atoms with Crippen LogP contribution in [-0.2, 0) is 11.2 Å². The minimum absolute atomic E-state index is 0.471. The third-order valence-corrected chi connectivity index (χ3v) is 4.45. The molecule has 20 heavy (non-hydrogen) atoms. The molecule has 2 heterocycles. The van der Waals surface area contributed by atoms with Gasteiger partial charge in [0.25, 0.3) is 0 Å². The lowest BCUT2D eigenvalue weighted by Crippen LogP contribution is -2.36. The molecule has 1 saturated heterocycles. The maximum atomic E-state index is 6.04. The first-order valence-electron chi connectivity index (χ1n) is 8.00. The van der Waals surface area contributed by atoms with Gasteiger partial charge in [-0.1, -0.05) is 17.7 Å². The summed E-state index contributed by atoms with van der Waals surface area (Å²) in [5.74, 6) is 0. The predicted octanol–water partition coefficient (Wildman–Crippen LogP) is 2.52. The molecule has 2 aliphatic heterocycles. The Morgan fingerprint density at radius 3 is 3.00 bits per heavy atom. The number of fused-ring (bicyclic) bond motifs is 1. The molecule has 3 nitrogen and oxygen atoms in total. The first-order chi connectivity index (χ1) is 9.83. The molecule has 0 amide bonds. The van der Waals surface area contributed by atoms with Crippen LogP contribution < -0.4 is 10.2 Å². The lowest BCUT2D eigenvalue weighted by atomic mass is 10.00. The molecule has 3 rings (SSSR count). The van der Waals surface area contributed by atoms with Crippen molar-refractivity contribution in [2.24, 2.45) is 0 Å². The van der Waals surface area contributed by atoms with E-state index >= 15 is 0 Å². The zero-order valence-corrected chi connectivity index (χ0v) is 12.5. The maximum Gasteiger partial charge on any atom is 0.0645 e. The van der Waals surface area contributed by atoms with Crippen LogP contribution in [0.3, 0.4) is 0 Å². The Bertz CT molecular complexity index is 441. The van der Waals surface area contributed by atoms with Gasteiger partial charge >= 0.3 is 0 Å². The summed E-state index contributed by atoms with van der Waals surface area (Å²) in [4.78, 5) is 2.50. The van der Waals surface area contributed by atoms with Gasteiger partial charge in [-0.15, -0.1) is 0 Å². The molecule has 0 atom stereocenters. The summed E-state index contributed by atoms with van der Waals surface area (Å²) in [5, 5.41) is 3.38. The second-order valence-electron chi connectivity index (χ2n) is 6.04. The van der Waals surface area contributed by atoms with Crippen molar-refractivity contribution in [3.63, 3.8) is 0 Å². The van der Waals surface area contributed by atoms with Gasteiger partial charge in [-0.25, -0.2) is 0 Å².